The maximum atomic E-state index is 4.25. The Labute approximate surface area is 108 Å². The van der Waals surface area contributed by atoms with Crippen molar-refractivity contribution in [1.82, 2.24) is 10.3 Å². The van der Waals surface area contributed by atoms with E-state index in [1.54, 1.807) is 0 Å². The second kappa shape index (κ2) is 4.91. The normalized spacial score (nSPS) is 14.7. The first-order valence-electron chi connectivity index (χ1n) is 6.57. The van der Waals surface area contributed by atoms with Crippen LogP contribution in [-0.2, 0) is 6.54 Å². The number of hydrogen-bond acceptors (Lipinski definition) is 2. The predicted molar refractivity (Wildman–Crippen MR) is 74.3 cm³/mol. The molecule has 2 heteroatoms. The number of hydrogen-bond donors (Lipinski definition) is 1. The molecule has 0 spiro atoms. The lowest BCUT2D eigenvalue weighted by Crippen LogP contribution is -2.15. The highest BCUT2D eigenvalue weighted by molar-refractivity contribution is 5.69. The van der Waals surface area contributed by atoms with Crippen LogP contribution in [0.3, 0.4) is 0 Å². The van der Waals surface area contributed by atoms with Crippen LogP contribution < -0.4 is 5.32 Å². The Balaban J connectivity index is 1.92. The van der Waals surface area contributed by atoms with Gasteiger partial charge in [-0.1, -0.05) is 24.3 Å². The van der Waals surface area contributed by atoms with Crippen LogP contribution in [0.15, 0.2) is 42.7 Å². The maximum Gasteiger partial charge on any atom is 0.0349 e. The lowest BCUT2D eigenvalue weighted by atomic mass is 9.98. The Morgan fingerprint density at radius 3 is 2.78 bits per heavy atom. The highest BCUT2D eigenvalue weighted by atomic mass is 14.9. The summed E-state index contributed by atoms with van der Waals surface area (Å²) < 4.78 is 0. The summed E-state index contributed by atoms with van der Waals surface area (Å²) in [6.45, 7) is 3.09. The Bertz CT molecular complexity index is 544. The molecular formula is C16H18N2. The summed E-state index contributed by atoms with van der Waals surface area (Å²) >= 11 is 0. The number of benzene rings is 1. The summed E-state index contributed by atoms with van der Waals surface area (Å²) in [5.41, 5.74) is 5.19. The number of aryl methyl sites for hydroxylation is 1. The van der Waals surface area contributed by atoms with Gasteiger partial charge in [-0.15, -0.1) is 0 Å². The average Bonchev–Trinajstić information content (AvgIpc) is 3.22. The minimum Gasteiger partial charge on any atom is -0.310 e. The van der Waals surface area contributed by atoms with Crippen LogP contribution in [-0.4, -0.2) is 11.0 Å². The molecule has 3 rings (SSSR count). The summed E-state index contributed by atoms with van der Waals surface area (Å²) in [6, 6.07) is 11.4. The van der Waals surface area contributed by atoms with Crippen molar-refractivity contribution in [2.24, 2.45) is 0 Å². The predicted octanol–water partition coefficient (Wildman–Crippen LogP) is 3.31. The molecule has 0 amide bonds. The third-order valence-corrected chi connectivity index (χ3v) is 3.51. The molecule has 2 aromatic rings. The highest BCUT2D eigenvalue weighted by Gasteiger charge is 2.20. The van der Waals surface area contributed by atoms with Crippen LogP contribution in [0.5, 0.6) is 0 Å². The third-order valence-electron chi connectivity index (χ3n) is 3.51. The van der Waals surface area contributed by atoms with E-state index < -0.39 is 0 Å². The molecule has 0 saturated heterocycles. The maximum absolute atomic E-state index is 4.25. The molecule has 1 heterocycles. The van der Waals surface area contributed by atoms with Crippen molar-refractivity contribution in [1.29, 1.82) is 0 Å². The fourth-order valence-corrected chi connectivity index (χ4v) is 2.22. The number of rotatable bonds is 4. The van der Waals surface area contributed by atoms with Crippen molar-refractivity contribution >= 4 is 0 Å². The first-order chi connectivity index (χ1) is 8.84. The molecule has 0 bridgehead atoms. The summed E-state index contributed by atoms with van der Waals surface area (Å²) in [6.07, 6.45) is 6.47. The van der Waals surface area contributed by atoms with Gasteiger partial charge in [0.15, 0.2) is 0 Å². The standard InChI is InChI=1S/C16H18N2/c1-12-8-9-17-11-16(12)15-5-3-2-4-13(15)10-18-14-6-7-14/h2-5,8-9,11,14,18H,6-7,10H2,1H3. The average molecular weight is 238 g/mol. The molecule has 1 aromatic heterocycles. The van der Waals surface area contributed by atoms with Gasteiger partial charge in [0.05, 0.1) is 0 Å². The molecule has 0 unspecified atom stereocenters. The monoisotopic (exact) mass is 238 g/mol. The SMILES string of the molecule is Cc1ccncc1-c1ccccc1CNC1CC1. The van der Waals surface area contributed by atoms with E-state index in [1.807, 2.05) is 12.4 Å². The van der Waals surface area contributed by atoms with Crippen molar-refractivity contribution in [2.45, 2.75) is 32.4 Å². The molecule has 0 radical (unpaired) electrons. The second-order valence-electron chi connectivity index (χ2n) is 5.00. The van der Waals surface area contributed by atoms with Gasteiger partial charge in [0.1, 0.15) is 0 Å². The smallest absolute Gasteiger partial charge is 0.0349 e. The topological polar surface area (TPSA) is 24.9 Å². The summed E-state index contributed by atoms with van der Waals surface area (Å²) in [5.74, 6) is 0. The molecule has 1 aliphatic carbocycles. The lowest BCUT2D eigenvalue weighted by Gasteiger charge is -2.12. The number of pyridine rings is 1. The van der Waals surface area contributed by atoms with Crippen molar-refractivity contribution in [3.63, 3.8) is 0 Å². The number of nitrogens with zero attached hydrogens (tertiary/aromatic N) is 1. The van der Waals surface area contributed by atoms with E-state index in [4.69, 9.17) is 0 Å². The molecule has 0 atom stereocenters. The van der Waals surface area contributed by atoms with Gasteiger partial charge in [-0.3, -0.25) is 4.98 Å². The minimum atomic E-state index is 0.744. The molecule has 92 valence electrons. The van der Waals surface area contributed by atoms with E-state index in [0.29, 0.717) is 0 Å². The number of nitrogens with one attached hydrogen (secondary N) is 1. The van der Waals surface area contributed by atoms with E-state index in [2.05, 4.69) is 47.6 Å². The molecule has 1 fully saturated rings. The van der Waals surface area contributed by atoms with Crippen LogP contribution in [0.4, 0.5) is 0 Å². The molecule has 1 aromatic carbocycles. The first kappa shape index (κ1) is 11.4. The summed E-state index contributed by atoms with van der Waals surface area (Å²) in [5, 5.41) is 3.58. The van der Waals surface area contributed by atoms with Crippen molar-refractivity contribution in [3.8, 4) is 11.1 Å². The van der Waals surface area contributed by atoms with Gasteiger partial charge in [-0.2, -0.15) is 0 Å². The minimum absolute atomic E-state index is 0.744. The fourth-order valence-electron chi connectivity index (χ4n) is 2.22. The zero-order valence-electron chi connectivity index (χ0n) is 10.7. The molecule has 0 aliphatic heterocycles. The van der Waals surface area contributed by atoms with Gasteiger partial charge >= 0.3 is 0 Å². The fraction of sp³-hybridized carbons (Fsp3) is 0.312. The quantitative estimate of drug-likeness (QED) is 0.884. The molecule has 1 N–H and O–H groups in total. The van der Waals surface area contributed by atoms with Crippen LogP contribution in [0.1, 0.15) is 24.0 Å². The molecule has 1 saturated carbocycles. The van der Waals surface area contributed by atoms with Crippen LogP contribution in [0, 0.1) is 6.92 Å². The zero-order chi connectivity index (χ0) is 12.4. The largest absolute Gasteiger partial charge is 0.310 e. The van der Waals surface area contributed by atoms with Crippen molar-refractivity contribution < 1.29 is 0 Å². The summed E-state index contributed by atoms with van der Waals surface area (Å²) in [7, 11) is 0. The highest BCUT2D eigenvalue weighted by Crippen LogP contribution is 2.27. The van der Waals surface area contributed by atoms with Gasteiger partial charge in [0.2, 0.25) is 0 Å². The van der Waals surface area contributed by atoms with E-state index in [1.165, 1.54) is 35.1 Å². The van der Waals surface area contributed by atoms with E-state index in [9.17, 15) is 0 Å². The number of aromatic nitrogens is 1. The van der Waals surface area contributed by atoms with E-state index in [0.717, 1.165) is 12.6 Å². The Kier molecular flexibility index (Phi) is 3.11. The molecular weight excluding hydrogens is 220 g/mol. The van der Waals surface area contributed by atoms with Crippen molar-refractivity contribution in [2.75, 3.05) is 0 Å². The zero-order valence-corrected chi connectivity index (χ0v) is 10.7. The van der Waals surface area contributed by atoms with Crippen LogP contribution >= 0.6 is 0 Å². The van der Waals surface area contributed by atoms with Crippen LogP contribution in [0.2, 0.25) is 0 Å². The first-order valence-corrected chi connectivity index (χ1v) is 6.57. The van der Waals surface area contributed by atoms with Gasteiger partial charge in [-0.05, 0) is 42.5 Å². The van der Waals surface area contributed by atoms with Gasteiger partial charge < -0.3 is 5.32 Å². The molecule has 2 nitrogen and oxygen atoms in total. The lowest BCUT2D eigenvalue weighted by molar-refractivity contribution is 0.689. The molecule has 18 heavy (non-hydrogen) atoms. The van der Waals surface area contributed by atoms with Crippen LogP contribution in [0.25, 0.3) is 11.1 Å². The Morgan fingerprint density at radius 2 is 2.00 bits per heavy atom. The van der Waals surface area contributed by atoms with Crippen molar-refractivity contribution in [3.05, 3.63) is 53.9 Å². The van der Waals surface area contributed by atoms with E-state index >= 15 is 0 Å². The van der Waals surface area contributed by atoms with Gasteiger partial charge in [-0.25, -0.2) is 0 Å². The van der Waals surface area contributed by atoms with Gasteiger partial charge in [0, 0.05) is 30.5 Å². The summed E-state index contributed by atoms with van der Waals surface area (Å²) in [4.78, 5) is 4.25. The van der Waals surface area contributed by atoms with Gasteiger partial charge in [0.25, 0.3) is 0 Å². The third kappa shape index (κ3) is 2.44. The Hall–Kier alpha value is -1.67. The molecule has 1 aliphatic rings. The van der Waals surface area contributed by atoms with E-state index in [-0.39, 0.29) is 0 Å². The second-order valence-corrected chi connectivity index (χ2v) is 5.00. The Morgan fingerprint density at radius 1 is 1.17 bits per heavy atom.